The topological polar surface area (TPSA) is 59.1 Å². The van der Waals surface area contributed by atoms with Crippen molar-refractivity contribution in [3.05, 3.63) is 58.1 Å². The van der Waals surface area contributed by atoms with Crippen LogP contribution in [0.1, 0.15) is 23.2 Å². The molecule has 0 radical (unpaired) electrons. The second kappa shape index (κ2) is 10.5. The number of nitrogens with zero attached hydrogens (tertiary/aromatic N) is 2. The van der Waals surface area contributed by atoms with Gasteiger partial charge < -0.3 is 19.3 Å². The van der Waals surface area contributed by atoms with Gasteiger partial charge in [-0.25, -0.2) is 0 Å². The number of methoxy groups -OCH3 is 1. The maximum absolute atomic E-state index is 12.6. The summed E-state index contributed by atoms with van der Waals surface area (Å²) in [5, 5.41) is 0.815. The average molecular weight is 451 g/mol. The Morgan fingerprint density at radius 3 is 2.30 bits per heavy atom. The van der Waals surface area contributed by atoms with Crippen LogP contribution in [-0.4, -0.2) is 61.5 Å². The highest BCUT2D eigenvalue weighted by molar-refractivity contribution is 6.42. The normalized spacial score (nSPS) is 13.8. The van der Waals surface area contributed by atoms with E-state index in [2.05, 4.69) is 0 Å². The molecule has 2 aromatic carbocycles. The van der Waals surface area contributed by atoms with E-state index in [1.807, 2.05) is 0 Å². The molecule has 0 saturated carbocycles. The fraction of sp³-hybridized carbons (Fsp3) is 0.364. The van der Waals surface area contributed by atoms with Gasteiger partial charge in [0.2, 0.25) is 5.91 Å². The Morgan fingerprint density at radius 2 is 1.63 bits per heavy atom. The van der Waals surface area contributed by atoms with Crippen LogP contribution in [0.15, 0.2) is 42.5 Å². The maximum Gasteiger partial charge on any atom is 0.253 e. The fourth-order valence-corrected chi connectivity index (χ4v) is 3.58. The minimum absolute atomic E-state index is 0.0310. The molecule has 0 unspecified atom stereocenters. The van der Waals surface area contributed by atoms with Crippen LogP contribution in [0.4, 0.5) is 0 Å². The largest absolute Gasteiger partial charge is 0.497 e. The van der Waals surface area contributed by atoms with E-state index in [1.54, 1.807) is 59.4 Å². The molecule has 1 heterocycles. The van der Waals surface area contributed by atoms with Crippen LogP contribution < -0.4 is 9.47 Å². The minimum Gasteiger partial charge on any atom is -0.497 e. The molecule has 1 aliphatic heterocycles. The van der Waals surface area contributed by atoms with E-state index in [1.165, 1.54) is 0 Å². The van der Waals surface area contributed by atoms with E-state index >= 15 is 0 Å². The number of hydrogen-bond acceptors (Lipinski definition) is 4. The molecule has 1 aliphatic rings. The molecule has 6 nitrogen and oxygen atoms in total. The zero-order valence-electron chi connectivity index (χ0n) is 16.8. The van der Waals surface area contributed by atoms with Crippen molar-refractivity contribution in [1.29, 1.82) is 0 Å². The summed E-state index contributed by atoms with van der Waals surface area (Å²) in [6.07, 6.45) is 0.956. The lowest BCUT2D eigenvalue weighted by molar-refractivity contribution is -0.132. The highest BCUT2D eigenvalue weighted by Crippen LogP contribution is 2.31. The van der Waals surface area contributed by atoms with E-state index in [4.69, 9.17) is 32.7 Å². The number of rotatable bonds is 7. The monoisotopic (exact) mass is 450 g/mol. The Hall–Kier alpha value is -2.44. The number of amides is 2. The maximum atomic E-state index is 12.6. The second-order valence-corrected chi connectivity index (χ2v) is 7.69. The molecule has 1 fully saturated rings. The number of halogens is 2. The van der Waals surface area contributed by atoms with Crippen molar-refractivity contribution < 1.29 is 19.1 Å². The standard InChI is InChI=1S/C22H24Cl2N2O4/c1-29-17-9-7-16(8-10-17)22(28)26-13-11-25(12-14-26)20(27)6-3-15-30-19-5-2-4-18(23)21(19)24/h2,4-5,7-10H,3,6,11-15H2,1H3. The summed E-state index contributed by atoms with van der Waals surface area (Å²) < 4.78 is 10.7. The Balaban J connectivity index is 1.40. The lowest BCUT2D eigenvalue weighted by Gasteiger charge is -2.35. The van der Waals surface area contributed by atoms with Gasteiger partial charge in [0, 0.05) is 38.2 Å². The zero-order chi connectivity index (χ0) is 21.5. The first-order valence-corrected chi connectivity index (χ1v) is 10.5. The van der Waals surface area contributed by atoms with Crippen molar-refractivity contribution in [2.45, 2.75) is 12.8 Å². The number of piperazine rings is 1. The summed E-state index contributed by atoms with van der Waals surface area (Å²) in [7, 11) is 1.59. The third-order valence-electron chi connectivity index (χ3n) is 4.97. The predicted molar refractivity (Wildman–Crippen MR) is 117 cm³/mol. The van der Waals surface area contributed by atoms with Crippen molar-refractivity contribution in [3.63, 3.8) is 0 Å². The number of carbonyl (C=O) groups excluding carboxylic acids is 2. The van der Waals surface area contributed by atoms with Gasteiger partial charge in [-0.15, -0.1) is 0 Å². The summed E-state index contributed by atoms with van der Waals surface area (Å²) in [4.78, 5) is 28.6. The number of ether oxygens (including phenoxy) is 2. The molecular formula is C22H24Cl2N2O4. The lowest BCUT2D eigenvalue weighted by atomic mass is 10.1. The summed E-state index contributed by atoms with van der Waals surface area (Å²) in [6.45, 7) is 2.47. The third-order valence-corrected chi connectivity index (χ3v) is 5.77. The van der Waals surface area contributed by atoms with Gasteiger partial charge in [0.1, 0.15) is 16.5 Å². The van der Waals surface area contributed by atoms with Crippen molar-refractivity contribution >= 4 is 35.0 Å². The van der Waals surface area contributed by atoms with Gasteiger partial charge in [-0.2, -0.15) is 0 Å². The first-order valence-electron chi connectivity index (χ1n) is 9.77. The first-order chi connectivity index (χ1) is 14.5. The molecule has 3 rings (SSSR count). The van der Waals surface area contributed by atoms with Crippen molar-refractivity contribution in [2.75, 3.05) is 39.9 Å². The highest BCUT2D eigenvalue weighted by atomic mass is 35.5. The van der Waals surface area contributed by atoms with Gasteiger partial charge >= 0.3 is 0 Å². The minimum atomic E-state index is -0.0310. The third kappa shape index (κ3) is 5.58. The van der Waals surface area contributed by atoms with E-state index in [0.29, 0.717) is 72.7 Å². The number of benzene rings is 2. The average Bonchev–Trinajstić information content (AvgIpc) is 2.79. The predicted octanol–water partition coefficient (Wildman–Crippen LogP) is 4.15. The Morgan fingerprint density at radius 1 is 0.967 bits per heavy atom. The summed E-state index contributed by atoms with van der Waals surface area (Å²) in [5.41, 5.74) is 0.618. The van der Waals surface area contributed by atoms with E-state index in [-0.39, 0.29) is 11.8 Å². The highest BCUT2D eigenvalue weighted by Gasteiger charge is 2.24. The summed E-state index contributed by atoms with van der Waals surface area (Å²) in [5.74, 6) is 1.26. The van der Waals surface area contributed by atoms with Crippen LogP contribution in [0.25, 0.3) is 0 Å². The summed E-state index contributed by atoms with van der Waals surface area (Å²) >= 11 is 12.0. The smallest absolute Gasteiger partial charge is 0.253 e. The SMILES string of the molecule is COc1ccc(C(=O)N2CCN(C(=O)CCCOc3cccc(Cl)c3Cl)CC2)cc1. The van der Waals surface area contributed by atoms with Crippen molar-refractivity contribution in [2.24, 2.45) is 0 Å². The van der Waals surface area contributed by atoms with Crippen LogP contribution in [0.2, 0.25) is 10.0 Å². The van der Waals surface area contributed by atoms with Gasteiger partial charge in [0.25, 0.3) is 5.91 Å². The van der Waals surface area contributed by atoms with Gasteiger partial charge in [-0.3, -0.25) is 9.59 Å². The molecule has 8 heteroatoms. The van der Waals surface area contributed by atoms with Gasteiger partial charge in [-0.1, -0.05) is 29.3 Å². The zero-order valence-corrected chi connectivity index (χ0v) is 18.3. The molecule has 0 N–H and O–H groups in total. The molecule has 160 valence electrons. The molecule has 2 aromatic rings. The van der Waals surface area contributed by atoms with E-state index in [0.717, 1.165) is 0 Å². The van der Waals surface area contributed by atoms with Crippen LogP contribution >= 0.6 is 23.2 Å². The molecule has 0 aliphatic carbocycles. The van der Waals surface area contributed by atoms with Gasteiger partial charge in [0.05, 0.1) is 18.7 Å². The van der Waals surface area contributed by atoms with Crippen LogP contribution in [0, 0.1) is 0 Å². The van der Waals surface area contributed by atoms with Crippen LogP contribution in [0.3, 0.4) is 0 Å². The second-order valence-electron chi connectivity index (χ2n) is 6.91. The molecule has 1 saturated heterocycles. The first kappa shape index (κ1) is 22.2. The quantitative estimate of drug-likeness (QED) is 0.594. The molecule has 30 heavy (non-hydrogen) atoms. The van der Waals surface area contributed by atoms with Gasteiger partial charge in [-0.05, 0) is 42.8 Å². The molecular weight excluding hydrogens is 427 g/mol. The molecule has 0 atom stereocenters. The number of carbonyl (C=O) groups is 2. The Kier molecular flexibility index (Phi) is 7.82. The lowest BCUT2D eigenvalue weighted by Crippen LogP contribution is -2.50. The van der Waals surface area contributed by atoms with Crippen molar-refractivity contribution in [1.82, 2.24) is 9.80 Å². The fourth-order valence-electron chi connectivity index (χ4n) is 3.23. The van der Waals surface area contributed by atoms with Crippen molar-refractivity contribution in [3.8, 4) is 11.5 Å². The molecule has 0 bridgehead atoms. The molecule has 0 spiro atoms. The van der Waals surface area contributed by atoms with E-state index in [9.17, 15) is 9.59 Å². The summed E-state index contributed by atoms with van der Waals surface area (Å²) in [6, 6.07) is 12.3. The van der Waals surface area contributed by atoms with E-state index < -0.39 is 0 Å². The van der Waals surface area contributed by atoms with Gasteiger partial charge in [0.15, 0.2) is 0 Å². The molecule has 0 aromatic heterocycles. The molecule has 2 amide bonds. The van der Waals surface area contributed by atoms with Crippen LogP contribution in [0.5, 0.6) is 11.5 Å². The van der Waals surface area contributed by atoms with Crippen LogP contribution in [-0.2, 0) is 4.79 Å². The Bertz CT molecular complexity index is 881. The Labute approximate surface area is 186 Å². The number of hydrogen-bond donors (Lipinski definition) is 0.